The van der Waals surface area contributed by atoms with Gasteiger partial charge < -0.3 is 15.5 Å². The van der Waals surface area contributed by atoms with E-state index in [1.807, 2.05) is 10.9 Å². The second-order valence-electron chi connectivity index (χ2n) is 15.1. The standard InChI is InChI=1S/C35H56N4O2/c1-24(2)8-7-9-25(3)16-19-39-22-27(37-38-39)21-36-23-35(6,41)32-13-12-30-29-11-10-26-20-28(40)14-17-33(26,4)31(29)15-18-34(30,32)5/h8,10,16,22,28-32,36,40-41H,7,9,11-15,17-21,23H2,1-6H3/b25-16+/t28-,29-,30-,31-,32-,33-,34-,35-/m0/s1. The third-order valence-corrected chi connectivity index (χ3v) is 11.9. The minimum absolute atomic E-state index is 0.147. The molecule has 6 heteroatoms. The molecule has 0 aliphatic heterocycles. The maximum absolute atomic E-state index is 11.9. The lowest BCUT2D eigenvalue weighted by molar-refractivity contribution is -0.101. The molecule has 0 bridgehead atoms. The normalized spacial score (nSPS) is 36.5. The Hall–Kier alpha value is -1.76. The Morgan fingerprint density at radius 1 is 1.12 bits per heavy atom. The Balaban J connectivity index is 1.15. The van der Waals surface area contributed by atoms with Crippen LogP contribution in [-0.4, -0.2) is 43.5 Å². The van der Waals surface area contributed by atoms with Crippen molar-refractivity contribution < 1.29 is 10.2 Å². The fraction of sp³-hybridized carbons (Fsp3) is 0.771. The maximum atomic E-state index is 11.9. The van der Waals surface area contributed by atoms with Crippen LogP contribution in [0.2, 0.25) is 0 Å². The van der Waals surface area contributed by atoms with Crippen molar-refractivity contribution in [3.63, 3.8) is 0 Å². The van der Waals surface area contributed by atoms with Crippen molar-refractivity contribution >= 4 is 0 Å². The van der Waals surface area contributed by atoms with Gasteiger partial charge in [-0.25, -0.2) is 4.68 Å². The van der Waals surface area contributed by atoms with Crippen molar-refractivity contribution in [2.75, 3.05) is 6.54 Å². The number of rotatable bonds is 10. The molecule has 4 aliphatic carbocycles. The number of allylic oxidation sites excluding steroid dienone is 5. The van der Waals surface area contributed by atoms with Gasteiger partial charge in [0.25, 0.3) is 0 Å². The number of aromatic nitrogens is 3. The highest BCUT2D eigenvalue weighted by atomic mass is 16.3. The van der Waals surface area contributed by atoms with Crippen molar-refractivity contribution in [3.8, 4) is 0 Å². The molecule has 228 valence electrons. The number of hydrogen-bond donors (Lipinski definition) is 3. The van der Waals surface area contributed by atoms with Crippen molar-refractivity contribution in [1.29, 1.82) is 0 Å². The minimum atomic E-state index is -0.758. The molecule has 1 heterocycles. The zero-order valence-electron chi connectivity index (χ0n) is 26.6. The molecular weight excluding hydrogens is 508 g/mol. The van der Waals surface area contributed by atoms with E-state index in [9.17, 15) is 10.2 Å². The third-order valence-electron chi connectivity index (χ3n) is 11.9. The van der Waals surface area contributed by atoms with Gasteiger partial charge in [0.15, 0.2) is 0 Å². The number of nitrogens with zero attached hydrogens (tertiary/aromatic N) is 3. The first-order valence-corrected chi connectivity index (χ1v) is 16.4. The van der Waals surface area contributed by atoms with Gasteiger partial charge in [0, 0.05) is 13.1 Å². The highest BCUT2D eigenvalue weighted by Crippen LogP contribution is 2.67. The molecule has 1 aromatic rings. The number of hydrogen-bond acceptors (Lipinski definition) is 5. The SMILES string of the molecule is CC(C)=CCC/C(C)=C/Cn1cc(CNC[C@](C)(O)[C@H]2CC[C@H]3[C@@H]4CC=C5C[C@@H](O)CC[C@]5(C)[C@H]4CC[C@@]32C)nn1. The summed E-state index contributed by atoms with van der Waals surface area (Å²) in [4.78, 5) is 0. The Morgan fingerprint density at radius 3 is 2.71 bits per heavy atom. The Bertz CT molecular complexity index is 1160. The first-order valence-electron chi connectivity index (χ1n) is 16.4. The molecule has 0 aromatic carbocycles. The summed E-state index contributed by atoms with van der Waals surface area (Å²) in [5.74, 6) is 2.42. The van der Waals surface area contributed by atoms with Gasteiger partial charge in [-0.1, -0.05) is 54.0 Å². The Labute approximate surface area is 248 Å². The van der Waals surface area contributed by atoms with Crippen LogP contribution in [0.4, 0.5) is 0 Å². The van der Waals surface area contributed by atoms with E-state index in [0.29, 0.717) is 30.8 Å². The van der Waals surface area contributed by atoms with Crippen LogP contribution in [0.3, 0.4) is 0 Å². The molecule has 0 spiro atoms. The van der Waals surface area contributed by atoms with Crippen LogP contribution >= 0.6 is 0 Å². The van der Waals surface area contributed by atoms with E-state index in [4.69, 9.17) is 0 Å². The minimum Gasteiger partial charge on any atom is -0.393 e. The number of aliphatic hydroxyl groups excluding tert-OH is 1. The van der Waals surface area contributed by atoms with Crippen molar-refractivity contribution in [1.82, 2.24) is 20.3 Å². The summed E-state index contributed by atoms with van der Waals surface area (Å²) in [7, 11) is 0. The topological polar surface area (TPSA) is 83.2 Å². The molecule has 3 N–H and O–H groups in total. The summed E-state index contributed by atoms with van der Waals surface area (Å²) in [6, 6.07) is 0. The number of nitrogens with one attached hydrogen (secondary N) is 1. The smallest absolute Gasteiger partial charge is 0.0964 e. The molecule has 0 unspecified atom stereocenters. The van der Waals surface area contributed by atoms with Crippen LogP contribution in [-0.2, 0) is 13.1 Å². The summed E-state index contributed by atoms with van der Waals surface area (Å²) >= 11 is 0. The molecule has 1 aromatic heterocycles. The van der Waals surface area contributed by atoms with Crippen molar-refractivity contribution in [2.24, 2.45) is 34.5 Å². The van der Waals surface area contributed by atoms with Gasteiger partial charge in [-0.15, -0.1) is 5.10 Å². The highest BCUT2D eigenvalue weighted by Gasteiger charge is 2.61. The van der Waals surface area contributed by atoms with Gasteiger partial charge in [0.05, 0.1) is 30.1 Å². The molecule has 6 nitrogen and oxygen atoms in total. The molecular formula is C35H56N4O2. The van der Waals surface area contributed by atoms with Crippen molar-refractivity contribution in [2.45, 2.75) is 131 Å². The summed E-state index contributed by atoms with van der Waals surface area (Å²) in [5.41, 5.74) is 4.89. The fourth-order valence-corrected chi connectivity index (χ4v) is 9.68. The summed E-state index contributed by atoms with van der Waals surface area (Å²) in [5, 5.41) is 34.4. The lowest BCUT2D eigenvalue weighted by Gasteiger charge is -2.59. The average Bonchev–Trinajstić information content (AvgIpc) is 3.51. The fourth-order valence-electron chi connectivity index (χ4n) is 9.68. The van der Waals surface area contributed by atoms with Crippen LogP contribution < -0.4 is 5.32 Å². The van der Waals surface area contributed by atoms with E-state index in [0.717, 1.165) is 63.1 Å². The second-order valence-corrected chi connectivity index (χ2v) is 15.1. The molecule has 3 saturated carbocycles. The van der Waals surface area contributed by atoms with Gasteiger partial charge >= 0.3 is 0 Å². The van der Waals surface area contributed by atoms with E-state index in [-0.39, 0.29) is 16.9 Å². The lowest BCUT2D eigenvalue weighted by Crippen LogP contribution is -2.54. The predicted molar refractivity (Wildman–Crippen MR) is 166 cm³/mol. The van der Waals surface area contributed by atoms with Crippen molar-refractivity contribution in [3.05, 3.63) is 46.8 Å². The van der Waals surface area contributed by atoms with Crippen LogP contribution in [0.15, 0.2) is 41.1 Å². The molecule has 0 amide bonds. The van der Waals surface area contributed by atoms with Gasteiger partial charge in [-0.3, -0.25) is 0 Å². The van der Waals surface area contributed by atoms with Crippen LogP contribution in [0.1, 0.15) is 111 Å². The summed E-state index contributed by atoms with van der Waals surface area (Å²) in [6.07, 6.45) is 20.0. The molecule has 0 saturated heterocycles. The molecule has 41 heavy (non-hydrogen) atoms. The van der Waals surface area contributed by atoms with Gasteiger partial charge in [0.2, 0.25) is 0 Å². The summed E-state index contributed by atoms with van der Waals surface area (Å²) < 4.78 is 1.90. The van der Waals surface area contributed by atoms with Gasteiger partial charge in [-0.05, 0) is 126 Å². The zero-order chi connectivity index (χ0) is 29.4. The van der Waals surface area contributed by atoms with Gasteiger partial charge in [0.1, 0.15) is 0 Å². The monoisotopic (exact) mass is 564 g/mol. The largest absolute Gasteiger partial charge is 0.393 e. The lowest BCUT2D eigenvalue weighted by atomic mass is 9.47. The van der Waals surface area contributed by atoms with E-state index < -0.39 is 5.60 Å². The van der Waals surface area contributed by atoms with E-state index in [1.165, 1.54) is 36.0 Å². The molecule has 5 rings (SSSR count). The number of fused-ring (bicyclic) bond motifs is 5. The summed E-state index contributed by atoms with van der Waals surface area (Å²) in [6.45, 7) is 15.5. The maximum Gasteiger partial charge on any atom is 0.0964 e. The zero-order valence-corrected chi connectivity index (χ0v) is 26.6. The van der Waals surface area contributed by atoms with E-state index >= 15 is 0 Å². The molecule has 4 aliphatic rings. The predicted octanol–water partition coefficient (Wildman–Crippen LogP) is 6.75. The van der Waals surface area contributed by atoms with Crippen LogP contribution in [0.5, 0.6) is 0 Å². The molecule has 0 radical (unpaired) electrons. The van der Waals surface area contributed by atoms with E-state index in [2.05, 4.69) is 75.4 Å². The Morgan fingerprint density at radius 2 is 1.93 bits per heavy atom. The second kappa shape index (κ2) is 12.1. The van der Waals surface area contributed by atoms with E-state index in [1.54, 1.807) is 0 Å². The first kappa shape index (κ1) is 30.7. The highest BCUT2D eigenvalue weighted by molar-refractivity contribution is 5.25. The quantitative estimate of drug-likeness (QED) is 0.274. The van der Waals surface area contributed by atoms with Gasteiger partial charge in [-0.2, -0.15) is 0 Å². The first-order chi connectivity index (χ1) is 19.4. The number of aliphatic hydroxyl groups is 2. The Kier molecular flexibility index (Phi) is 9.05. The average molecular weight is 565 g/mol. The van der Waals surface area contributed by atoms with Crippen LogP contribution in [0.25, 0.3) is 0 Å². The van der Waals surface area contributed by atoms with Crippen LogP contribution in [0, 0.1) is 34.5 Å². The molecule has 3 fully saturated rings. The third kappa shape index (κ3) is 6.31. The molecule has 8 atom stereocenters.